The van der Waals surface area contributed by atoms with E-state index < -0.39 is 10.8 Å². The van der Waals surface area contributed by atoms with E-state index in [1.165, 1.54) is 18.2 Å². The third-order valence-electron chi connectivity index (χ3n) is 3.36. The van der Waals surface area contributed by atoms with Gasteiger partial charge in [-0.1, -0.05) is 11.6 Å². The Kier molecular flexibility index (Phi) is 6.39. The molecule has 116 valence electrons. The Morgan fingerprint density at radius 3 is 2.86 bits per heavy atom. The van der Waals surface area contributed by atoms with Gasteiger partial charge in [0.2, 0.25) is 0 Å². The van der Waals surface area contributed by atoms with Gasteiger partial charge in [0, 0.05) is 23.2 Å². The molecular formula is C13H17Cl2N3O3. The van der Waals surface area contributed by atoms with Crippen molar-refractivity contribution in [2.45, 2.75) is 31.8 Å². The van der Waals surface area contributed by atoms with Crippen molar-refractivity contribution < 1.29 is 9.72 Å². The van der Waals surface area contributed by atoms with Crippen LogP contribution in [0.2, 0.25) is 5.02 Å². The zero-order valence-electron chi connectivity index (χ0n) is 11.5. The van der Waals surface area contributed by atoms with E-state index in [0.29, 0.717) is 6.04 Å². The maximum Gasteiger partial charge on any atom is 0.283 e. The third-order valence-corrected chi connectivity index (χ3v) is 3.60. The number of nitrogens with zero attached hydrogens (tertiary/aromatic N) is 1. The quantitative estimate of drug-likeness (QED) is 0.657. The fraction of sp³-hybridized carbons (Fsp3) is 0.462. The van der Waals surface area contributed by atoms with Crippen LogP contribution in [0.4, 0.5) is 5.69 Å². The summed E-state index contributed by atoms with van der Waals surface area (Å²) in [5.41, 5.74) is -0.220. The van der Waals surface area contributed by atoms with Crippen LogP contribution < -0.4 is 10.6 Å². The average molecular weight is 334 g/mol. The van der Waals surface area contributed by atoms with E-state index >= 15 is 0 Å². The summed E-state index contributed by atoms with van der Waals surface area (Å²) in [7, 11) is 0. The Balaban J connectivity index is 0.00000220. The Morgan fingerprint density at radius 1 is 1.52 bits per heavy atom. The standard InChI is InChI=1S/C13H16ClN3O3.ClH/c1-8-6-10(4-5-15-8)16-13(18)11-3-2-9(14)7-12(11)17(19)20;/h2-3,7-8,10,15H,4-6H2,1H3,(H,16,18);1H. The number of nitrogens with one attached hydrogen (secondary N) is 2. The van der Waals surface area contributed by atoms with E-state index in [9.17, 15) is 14.9 Å². The molecule has 0 aromatic heterocycles. The second-order valence-electron chi connectivity index (χ2n) is 4.97. The second kappa shape index (κ2) is 7.59. The first-order valence-electron chi connectivity index (χ1n) is 6.45. The second-order valence-corrected chi connectivity index (χ2v) is 5.40. The molecule has 8 heteroatoms. The molecule has 21 heavy (non-hydrogen) atoms. The van der Waals surface area contributed by atoms with Gasteiger partial charge in [-0.15, -0.1) is 12.4 Å². The minimum Gasteiger partial charge on any atom is -0.349 e. The number of nitro groups is 1. The monoisotopic (exact) mass is 333 g/mol. The summed E-state index contributed by atoms with van der Waals surface area (Å²) in [6, 6.07) is 4.43. The molecule has 1 saturated heterocycles. The van der Waals surface area contributed by atoms with Crippen LogP contribution in [-0.4, -0.2) is 29.5 Å². The molecule has 1 aromatic carbocycles. The highest BCUT2D eigenvalue weighted by Gasteiger charge is 2.25. The average Bonchev–Trinajstić information content (AvgIpc) is 2.38. The predicted octanol–water partition coefficient (Wildman–Crippen LogP) is 2.54. The highest BCUT2D eigenvalue weighted by Crippen LogP contribution is 2.23. The summed E-state index contributed by atoms with van der Waals surface area (Å²) in [5.74, 6) is -0.424. The fourth-order valence-electron chi connectivity index (χ4n) is 2.37. The zero-order chi connectivity index (χ0) is 14.7. The lowest BCUT2D eigenvalue weighted by atomic mass is 10.00. The van der Waals surface area contributed by atoms with Gasteiger partial charge in [-0.2, -0.15) is 0 Å². The van der Waals surface area contributed by atoms with Gasteiger partial charge < -0.3 is 10.6 Å². The largest absolute Gasteiger partial charge is 0.349 e. The maximum absolute atomic E-state index is 12.2. The van der Waals surface area contributed by atoms with Gasteiger partial charge in [-0.3, -0.25) is 14.9 Å². The molecule has 1 amide bonds. The first-order valence-corrected chi connectivity index (χ1v) is 6.83. The summed E-state index contributed by atoms with van der Waals surface area (Å²) >= 11 is 5.73. The van der Waals surface area contributed by atoms with Crippen LogP contribution in [0.25, 0.3) is 0 Å². The molecule has 1 fully saturated rings. The molecule has 1 aliphatic rings. The van der Waals surface area contributed by atoms with Gasteiger partial charge in [0.25, 0.3) is 11.6 Å². The van der Waals surface area contributed by atoms with Crippen LogP contribution in [0.1, 0.15) is 30.1 Å². The van der Waals surface area contributed by atoms with Gasteiger partial charge in [-0.25, -0.2) is 0 Å². The van der Waals surface area contributed by atoms with Crippen LogP contribution in [-0.2, 0) is 0 Å². The number of piperidine rings is 1. The molecule has 0 aliphatic carbocycles. The molecule has 6 nitrogen and oxygen atoms in total. The van der Waals surface area contributed by atoms with Crippen LogP contribution in [0, 0.1) is 10.1 Å². The van der Waals surface area contributed by atoms with Crippen molar-refractivity contribution in [3.05, 3.63) is 38.9 Å². The number of rotatable bonds is 3. The van der Waals surface area contributed by atoms with E-state index in [-0.39, 0.29) is 34.7 Å². The van der Waals surface area contributed by atoms with E-state index in [4.69, 9.17) is 11.6 Å². The van der Waals surface area contributed by atoms with Crippen molar-refractivity contribution in [3.8, 4) is 0 Å². The van der Waals surface area contributed by atoms with Gasteiger partial charge in [0.1, 0.15) is 5.56 Å². The van der Waals surface area contributed by atoms with E-state index in [1.807, 2.05) is 6.92 Å². The molecule has 2 unspecified atom stereocenters. The van der Waals surface area contributed by atoms with Crippen LogP contribution in [0.3, 0.4) is 0 Å². The summed E-state index contributed by atoms with van der Waals surface area (Å²) < 4.78 is 0. The van der Waals surface area contributed by atoms with Crippen LogP contribution >= 0.6 is 24.0 Å². The number of hydrogen-bond acceptors (Lipinski definition) is 4. The third kappa shape index (κ3) is 4.56. The molecule has 0 bridgehead atoms. The molecule has 2 rings (SSSR count). The van der Waals surface area contributed by atoms with E-state index in [2.05, 4.69) is 10.6 Å². The lowest BCUT2D eigenvalue weighted by molar-refractivity contribution is -0.385. The highest BCUT2D eigenvalue weighted by molar-refractivity contribution is 6.31. The highest BCUT2D eigenvalue weighted by atomic mass is 35.5. The number of amides is 1. The topological polar surface area (TPSA) is 84.3 Å². The Hall–Kier alpha value is -1.37. The molecule has 2 atom stereocenters. The van der Waals surface area contributed by atoms with Gasteiger partial charge >= 0.3 is 0 Å². The molecule has 1 aromatic rings. The summed E-state index contributed by atoms with van der Waals surface area (Å²) in [6.07, 6.45) is 1.63. The Bertz CT molecular complexity index is 539. The number of carbonyl (C=O) groups is 1. The molecule has 1 aliphatic heterocycles. The fourth-order valence-corrected chi connectivity index (χ4v) is 2.54. The smallest absolute Gasteiger partial charge is 0.283 e. The molecule has 1 heterocycles. The SMILES string of the molecule is CC1CC(NC(=O)c2ccc(Cl)cc2[N+](=O)[O-])CCN1.Cl. The maximum atomic E-state index is 12.2. The van der Waals surface area contributed by atoms with Crippen molar-refractivity contribution in [2.24, 2.45) is 0 Å². The number of benzene rings is 1. The Morgan fingerprint density at radius 2 is 2.24 bits per heavy atom. The molecule has 0 saturated carbocycles. The summed E-state index contributed by atoms with van der Waals surface area (Å²) in [4.78, 5) is 22.6. The zero-order valence-corrected chi connectivity index (χ0v) is 13.0. The molecular weight excluding hydrogens is 317 g/mol. The van der Waals surface area contributed by atoms with Crippen molar-refractivity contribution in [2.75, 3.05) is 6.54 Å². The van der Waals surface area contributed by atoms with Crippen LogP contribution in [0.15, 0.2) is 18.2 Å². The first-order chi connectivity index (χ1) is 9.47. The van der Waals surface area contributed by atoms with Gasteiger partial charge in [0.15, 0.2) is 0 Å². The lowest BCUT2D eigenvalue weighted by Gasteiger charge is -2.28. The number of nitro benzene ring substituents is 1. The van der Waals surface area contributed by atoms with Crippen molar-refractivity contribution in [3.63, 3.8) is 0 Å². The minimum atomic E-state index is -0.591. The van der Waals surface area contributed by atoms with Gasteiger partial charge in [0.05, 0.1) is 4.92 Å². The van der Waals surface area contributed by atoms with Gasteiger partial charge in [-0.05, 0) is 38.4 Å². The van der Waals surface area contributed by atoms with E-state index in [1.54, 1.807) is 0 Å². The van der Waals surface area contributed by atoms with Crippen LogP contribution in [0.5, 0.6) is 0 Å². The van der Waals surface area contributed by atoms with Crippen molar-refractivity contribution in [1.29, 1.82) is 0 Å². The molecule has 2 N–H and O–H groups in total. The lowest BCUT2D eigenvalue weighted by Crippen LogP contribution is -2.46. The van der Waals surface area contributed by atoms with Crippen molar-refractivity contribution in [1.82, 2.24) is 10.6 Å². The predicted molar refractivity (Wildman–Crippen MR) is 83.3 cm³/mol. The molecule has 0 radical (unpaired) electrons. The van der Waals surface area contributed by atoms with Crippen molar-refractivity contribution >= 4 is 35.6 Å². The number of hydrogen-bond donors (Lipinski definition) is 2. The number of carbonyl (C=O) groups excluding carboxylic acids is 1. The molecule has 0 spiro atoms. The Labute approximate surface area is 133 Å². The number of halogens is 2. The first kappa shape index (κ1) is 17.7. The normalized spacial score (nSPS) is 21.2. The minimum absolute atomic E-state index is 0. The summed E-state index contributed by atoms with van der Waals surface area (Å²) in [5, 5.41) is 17.4. The van der Waals surface area contributed by atoms with E-state index in [0.717, 1.165) is 19.4 Å². The summed E-state index contributed by atoms with van der Waals surface area (Å²) in [6.45, 7) is 2.87.